The maximum Gasteiger partial charge on any atom is 0.323 e. The van der Waals surface area contributed by atoms with Crippen molar-refractivity contribution in [3.63, 3.8) is 0 Å². The lowest BCUT2D eigenvalue weighted by Crippen LogP contribution is -2.46. The molecule has 0 radical (unpaired) electrons. The monoisotopic (exact) mass is 245 g/mol. The fourth-order valence-electron chi connectivity index (χ4n) is 1.21. The SMILES string of the molecule is CC(C)NC(=O)CN(C)C(=O)N(C)CC(=O)O. The van der Waals surface area contributed by atoms with Crippen LogP contribution in [-0.4, -0.2) is 66.0 Å². The number of carboxylic acids is 1. The number of nitrogens with zero attached hydrogens (tertiary/aromatic N) is 2. The summed E-state index contributed by atoms with van der Waals surface area (Å²) in [5.74, 6) is -1.37. The molecule has 0 atom stereocenters. The fourth-order valence-corrected chi connectivity index (χ4v) is 1.21. The van der Waals surface area contributed by atoms with Crippen molar-refractivity contribution in [1.29, 1.82) is 0 Å². The van der Waals surface area contributed by atoms with Crippen molar-refractivity contribution in [2.75, 3.05) is 27.2 Å². The predicted molar refractivity (Wildman–Crippen MR) is 61.6 cm³/mol. The smallest absolute Gasteiger partial charge is 0.323 e. The van der Waals surface area contributed by atoms with Gasteiger partial charge in [0, 0.05) is 20.1 Å². The highest BCUT2D eigenvalue weighted by molar-refractivity contribution is 5.85. The van der Waals surface area contributed by atoms with Gasteiger partial charge in [0.2, 0.25) is 5.91 Å². The normalized spacial score (nSPS) is 9.94. The first-order valence-corrected chi connectivity index (χ1v) is 5.21. The van der Waals surface area contributed by atoms with Crippen LogP contribution >= 0.6 is 0 Å². The number of aliphatic carboxylic acids is 1. The Morgan fingerprint density at radius 2 is 1.59 bits per heavy atom. The van der Waals surface area contributed by atoms with Gasteiger partial charge < -0.3 is 20.2 Å². The number of hydrogen-bond acceptors (Lipinski definition) is 3. The van der Waals surface area contributed by atoms with E-state index in [-0.39, 0.29) is 18.5 Å². The number of likely N-dealkylation sites (N-methyl/N-ethyl adjacent to an activating group) is 2. The summed E-state index contributed by atoms with van der Waals surface area (Å²) in [6.45, 7) is 3.14. The van der Waals surface area contributed by atoms with E-state index in [1.807, 2.05) is 13.8 Å². The molecule has 0 rings (SSSR count). The molecular weight excluding hydrogens is 226 g/mol. The number of carbonyl (C=O) groups is 3. The summed E-state index contributed by atoms with van der Waals surface area (Å²) >= 11 is 0. The van der Waals surface area contributed by atoms with Gasteiger partial charge in [0.05, 0.1) is 0 Å². The highest BCUT2D eigenvalue weighted by Crippen LogP contribution is 1.94. The van der Waals surface area contributed by atoms with Crippen molar-refractivity contribution in [3.05, 3.63) is 0 Å². The van der Waals surface area contributed by atoms with Gasteiger partial charge >= 0.3 is 12.0 Å². The molecule has 0 saturated carbocycles. The molecule has 0 aromatic heterocycles. The lowest BCUT2D eigenvalue weighted by Gasteiger charge is -2.23. The zero-order valence-electron chi connectivity index (χ0n) is 10.6. The van der Waals surface area contributed by atoms with Crippen molar-refractivity contribution < 1.29 is 19.5 Å². The lowest BCUT2D eigenvalue weighted by atomic mass is 10.4. The molecular formula is C10H19N3O4. The third kappa shape index (κ3) is 6.39. The molecule has 0 aliphatic carbocycles. The number of hydrogen-bond donors (Lipinski definition) is 2. The molecule has 0 aliphatic rings. The van der Waals surface area contributed by atoms with Crippen molar-refractivity contribution in [2.45, 2.75) is 19.9 Å². The molecule has 7 nitrogen and oxygen atoms in total. The first-order valence-electron chi connectivity index (χ1n) is 5.21. The van der Waals surface area contributed by atoms with E-state index in [1.165, 1.54) is 19.0 Å². The van der Waals surface area contributed by atoms with Gasteiger partial charge in [-0.3, -0.25) is 9.59 Å². The van der Waals surface area contributed by atoms with E-state index in [9.17, 15) is 14.4 Å². The zero-order chi connectivity index (χ0) is 13.6. The third-order valence-corrected chi connectivity index (χ3v) is 1.86. The molecule has 0 spiro atoms. The van der Waals surface area contributed by atoms with Crippen LogP contribution in [0, 0.1) is 0 Å². The van der Waals surface area contributed by atoms with Gasteiger partial charge in [-0.1, -0.05) is 0 Å². The van der Waals surface area contributed by atoms with Crippen molar-refractivity contribution in [1.82, 2.24) is 15.1 Å². The van der Waals surface area contributed by atoms with Gasteiger partial charge in [-0.05, 0) is 13.8 Å². The second kappa shape index (κ2) is 6.72. The van der Waals surface area contributed by atoms with E-state index in [1.54, 1.807) is 0 Å². The molecule has 0 heterocycles. The van der Waals surface area contributed by atoms with E-state index in [2.05, 4.69) is 5.32 Å². The number of amides is 3. The number of nitrogens with one attached hydrogen (secondary N) is 1. The Labute approximate surface area is 100 Å². The molecule has 0 unspecified atom stereocenters. The standard InChI is InChI=1S/C10H19N3O4/c1-7(2)11-8(14)5-12(3)10(17)13(4)6-9(15)16/h7H,5-6H2,1-4H3,(H,11,14)(H,15,16). The van der Waals surface area contributed by atoms with Gasteiger partial charge in [0.15, 0.2) is 0 Å². The molecule has 7 heteroatoms. The second-order valence-electron chi connectivity index (χ2n) is 4.11. The van der Waals surface area contributed by atoms with E-state index in [4.69, 9.17) is 5.11 Å². The zero-order valence-corrected chi connectivity index (χ0v) is 10.6. The number of carboxylic acid groups (broad SMARTS) is 1. The van der Waals surface area contributed by atoms with Crippen LogP contribution in [0.25, 0.3) is 0 Å². The average molecular weight is 245 g/mol. The third-order valence-electron chi connectivity index (χ3n) is 1.86. The van der Waals surface area contributed by atoms with Gasteiger partial charge in [-0.15, -0.1) is 0 Å². The first kappa shape index (κ1) is 15.2. The van der Waals surface area contributed by atoms with Crippen molar-refractivity contribution >= 4 is 17.9 Å². The molecule has 0 aliphatic heterocycles. The maximum atomic E-state index is 11.6. The van der Waals surface area contributed by atoms with E-state index in [0.29, 0.717) is 0 Å². The minimum atomic E-state index is -1.10. The minimum Gasteiger partial charge on any atom is -0.480 e. The topological polar surface area (TPSA) is 90.0 Å². The largest absolute Gasteiger partial charge is 0.480 e. The second-order valence-corrected chi connectivity index (χ2v) is 4.11. The van der Waals surface area contributed by atoms with E-state index in [0.717, 1.165) is 4.90 Å². The molecule has 0 aromatic carbocycles. The summed E-state index contributed by atoms with van der Waals surface area (Å²) in [6, 6.07) is -0.506. The number of rotatable bonds is 5. The molecule has 0 aromatic rings. The van der Waals surface area contributed by atoms with Crippen LogP contribution in [0.3, 0.4) is 0 Å². The van der Waals surface area contributed by atoms with Gasteiger partial charge in [0.1, 0.15) is 13.1 Å². The molecule has 2 N–H and O–H groups in total. The Balaban J connectivity index is 4.21. The minimum absolute atomic E-state index is 0.00255. The summed E-state index contributed by atoms with van der Waals surface area (Å²) in [6.07, 6.45) is 0. The summed E-state index contributed by atoms with van der Waals surface area (Å²) in [7, 11) is 2.81. The van der Waals surface area contributed by atoms with E-state index >= 15 is 0 Å². The molecule has 0 saturated heterocycles. The molecule has 3 amide bonds. The van der Waals surface area contributed by atoms with Crippen molar-refractivity contribution in [2.24, 2.45) is 0 Å². The summed E-state index contributed by atoms with van der Waals surface area (Å²) < 4.78 is 0. The Kier molecular flexibility index (Phi) is 6.01. The van der Waals surface area contributed by atoms with Crippen LogP contribution in [0.1, 0.15) is 13.8 Å². The predicted octanol–water partition coefficient (Wildman–Crippen LogP) is -0.421. The van der Waals surface area contributed by atoms with Crippen LogP contribution in [-0.2, 0) is 9.59 Å². The van der Waals surface area contributed by atoms with E-state index < -0.39 is 18.5 Å². The Hall–Kier alpha value is -1.79. The fraction of sp³-hybridized carbons (Fsp3) is 0.700. The maximum absolute atomic E-state index is 11.6. The van der Waals surface area contributed by atoms with Crippen LogP contribution in [0.2, 0.25) is 0 Å². The Morgan fingerprint density at radius 1 is 1.12 bits per heavy atom. The molecule has 0 bridgehead atoms. The summed E-state index contributed by atoms with van der Waals surface area (Å²) in [4.78, 5) is 35.6. The van der Waals surface area contributed by atoms with Gasteiger partial charge in [-0.2, -0.15) is 0 Å². The van der Waals surface area contributed by atoms with Crippen LogP contribution in [0.4, 0.5) is 4.79 Å². The highest BCUT2D eigenvalue weighted by Gasteiger charge is 2.18. The summed E-state index contributed by atoms with van der Waals surface area (Å²) in [5.41, 5.74) is 0. The van der Waals surface area contributed by atoms with Crippen LogP contribution < -0.4 is 5.32 Å². The lowest BCUT2D eigenvalue weighted by molar-refractivity contribution is -0.137. The molecule has 0 fully saturated rings. The average Bonchev–Trinajstić information content (AvgIpc) is 2.13. The highest BCUT2D eigenvalue weighted by atomic mass is 16.4. The Bertz CT molecular complexity index is 304. The molecule has 17 heavy (non-hydrogen) atoms. The van der Waals surface area contributed by atoms with Crippen molar-refractivity contribution in [3.8, 4) is 0 Å². The Morgan fingerprint density at radius 3 is 2.00 bits per heavy atom. The molecule has 98 valence electrons. The number of carbonyl (C=O) groups excluding carboxylic acids is 2. The number of urea groups is 1. The van der Waals surface area contributed by atoms with Gasteiger partial charge in [-0.25, -0.2) is 4.79 Å². The quantitative estimate of drug-likeness (QED) is 0.688. The van der Waals surface area contributed by atoms with Gasteiger partial charge in [0.25, 0.3) is 0 Å². The summed E-state index contributed by atoms with van der Waals surface area (Å²) in [5, 5.41) is 11.2. The van der Waals surface area contributed by atoms with Crippen LogP contribution in [0.15, 0.2) is 0 Å². The van der Waals surface area contributed by atoms with Crippen LogP contribution in [0.5, 0.6) is 0 Å². The first-order chi connectivity index (χ1) is 7.73.